The van der Waals surface area contributed by atoms with Crippen molar-refractivity contribution in [3.8, 4) is 0 Å². The highest BCUT2D eigenvalue weighted by Crippen LogP contribution is 2.60. The van der Waals surface area contributed by atoms with E-state index in [4.69, 9.17) is 0 Å². The van der Waals surface area contributed by atoms with Crippen molar-refractivity contribution in [2.45, 2.75) is 72.6 Å². The number of aliphatic carboxylic acids is 2. The summed E-state index contributed by atoms with van der Waals surface area (Å²) < 4.78 is 0. The van der Waals surface area contributed by atoms with Gasteiger partial charge in [0.15, 0.2) is 0 Å². The summed E-state index contributed by atoms with van der Waals surface area (Å²) in [6, 6.07) is 0. The molecular weight excluding hydrogens is 268 g/mol. The average molecular weight is 298 g/mol. The second-order valence-electron chi connectivity index (χ2n) is 6.58. The molecule has 21 heavy (non-hydrogen) atoms. The summed E-state index contributed by atoms with van der Waals surface area (Å²) in [5.74, 6) is -2.00. The van der Waals surface area contributed by atoms with Crippen LogP contribution in [0.1, 0.15) is 72.6 Å². The number of carbonyl (C=O) groups is 2. The Hall–Kier alpha value is -1.06. The van der Waals surface area contributed by atoms with Crippen LogP contribution >= 0.6 is 0 Å². The zero-order valence-corrected chi connectivity index (χ0v) is 13.8. The third kappa shape index (κ3) is 2.47. The second kappa shape index (κ2) is 6.80. The number of hydrogen-bond donors (Lipinski definition) is 2. The van der Waals surface area contributed by atoms with E-state index in [1.807, 2.05) is 27.7 Å². The first-order valence-electron chi connectivity index (χ1n) is 8.31. The van der Waals surface area contributed by atoms with Gasteiger partial charge in [-0.05, 0) is 43.9 Å². The van der Waals surface area contributed by atoms with E-state index in [1.54, 1.807) is 0 Å². The van der Waals surface area contributed by atoms with Crippen molar-refractivity contribution in [3.05, 3.63) is 0 Å². The number of carboxylic acids is 2. The molecule has 0 heterocycles. The summed E-state index contributed by atoms with van der Waals surface area (Å²) in [7, 11) is 0. The van der Waals surface area contributed by atoms with E-state index in [0.717, 1.165) is 32.1 Å². The third-order valence-corrected chi connectivity index (χ3v) is 6.04. The van der Waals surface area contributed by atoms with Gasteiger partial charge in [0.2, 0.25) is 0 Å². The standard InChI is InChI=1S/C17H30O4/c1-5-9-13-11-8-10-12(4)16(6-2,14(18)19)17(13,7-3)15(20)21/h12-13H,5-11H2,1-4H3,(H,18,19)(H,20,21). The summed E-state index contributed by atoms with van der Waals surface area (Å²) in [6.07, 6.45) is 5.01. The Kier molecular flexibility index (Phi) is 5.83. The number of hydrogen-bond acceptors (Lipinski definition) is 2. The minimum atomic E-state index is -1.16. The number of carboxylic acid groups (broad SMARTS) is 2. The van der Waals surface area contributed by atoms with Gasteiger partial charge < -0.3 is 10.2 Å². The van der Waals surface area contributed by atoms with Crippen molar-refractivity contribution in [2.24, 2.45) is 22.7 Å². The highest BCUT2D eigenvalue weighted by Gasteiger charge is 2.65. The van der Waals surface area contributed by atoms with Gasteiger partial charge in [-0.15, -0.1) is 0 Å². The summed E-state index contributed by atoms with van der Waals surface area (Å²) in [4.78, 5) is 24.5. The molecule has 0 amide bonds. The molecule has 4 heteroatoms. The lowest BCUT2D eigenvalue weighted by molar-refractivity contribution is -0.188. The molecule has 0 radical (unpaired) electrons. The van der Waals surface area contributed by atoms with Crippen LogP contribution in [0.25, 0.3) is 0 Å². The van der Waals surface area contributed by atoms with Gasteiger partial charge in [-0.3, -0.25) is 9.59 Å². The maximum absolute atomic E-state index is 12.3. The van der Waals surface area contributed by atoms with Gasteiger partial charge in [0, 0.05) is 0 Å². The summed E-state index contributed by atoms with van der Waals surface area (Å²) in [5.41, 5.74) is -2.32. The van der Waals surface area contributed by atoms with Crippen LogP contribution in [0.4, 0.5) is 0 Å². The van der Waals surface area contributed by atoms with Crippen molar-refractivity contribution in [1.82, 2.24) is 0 Å². The zero-order valence-electron chi connectivity index (χ0n) is 13.8. The normalized spacial score (nSPS) is 37.0. The fourth-order valence-corrected chi connectivity index (χ4v) is 5.04. The number of rotatable bonds is 6. The van der Waals surface area contributed by atoms with Gasteiger partial charge in [-0.1, -0.05) is 40.5 Å². The van der Waals surface area contributed by atoms with Gasteiger partial charge in [0.25, 0.3) is 0 Å². The highest BCUT2D eigenvalue weighted by molar-refractivity contribution is 5.87. The molecule has 4 atom stereocenters. The Bertz CT molecular complexity index is 392. The summed E-state index contributed by atoms with van der Waals surface area (Å²) in [6.45, 7) is 7.67. The molecule has 0 aromatic carbocycles. The molecule has 0 aromatic heterocycles. The maximum Gasteiger partial charge on any atom is 0.311 e. The summed E-state index contributed by atoms with van der Waals surface area (Å²) in [5, 5.41) is 20.1. The monoisotopic (exact) mass is 298 g/mol. The smallest absolute Gasteiger partial charge is 0.311 e. The van der Waals surface area contributed by atoms with Crippen molar-refractivity contribution in [3.63, 3.8) is 0 Å². The van der Waals surface area contributed by atoms with E-state index >= 15 is 0 Å². The molecule has 1 fully saturated rings. The van der Waals surface area contributed by atoms with E-state index in [-0.39, 0.29) is 11.8 Å². The molecule has 0 bridgehead atoms. The summed E-state index contributed by atoms with van der Waals surface area (Å²) >= 11 is 0. The molecule has 4 nitrogen and oxygen atoms in total. The van der Waals surface area contributed by atoms with E-state index in [1.165, 1.54) is 0 Å². The topological polar surface area (TPSA) is 74.6 Å². The predicted octanol–water partition coefficient (Wildman–Crippen LogP) is 4.18. The molecule has 0 spiro atoms. The van der Waals surface area contributed by atoms with Gasteiger partial charge in [0.1, 0.15) is 0 Å². The Balaban J connectivity index is 3.62. The molecule has 1 saturated carbocycles. The zero-order chi connectivity index (χ0) is 16.3. The van der Waals surface area contributed by atoms with Crippen LogP contribution in [0.5, 0.6) is 0 Å². The highest BCUT2D eigenvalue weighted by atomic mass is 16.4. The lowest BCUT2D eigenvalue weighted by Crippen LogP contribution is -2.58. The van der Waals surface area contributed by atoms with Crippen LogP contribution in [0.2, 0.25) is 0 Å². The average Bonchev–Trinajstić information content (AvgIpc) is 2.54. The van der Waals surface area contributed by atoms with Gasteiger partial charge in [-0.25, -0.2) is 0 Å². The Morgan fingerprint density at radius 2 is 1.52 bits per heavy atom. The Morgan fingerprint density at radius 3 is 1.90 bits per heavy atom. The minimum Gasteiger partial charge on any atom is -0.481 e. The van der Waals surface area contributed by atoms with Crippen molar-refractivity contribution in [2.75, 3.05) is 0 Å². The molecule has 122 valence electrons. The quantitative estimate of drug-likeness (QED) is 0.721. The second-order valence-corrected chi connectivity index (χ2v) is 6.58. The van der Waals surface area contributed by atoms with Crippen LogP contribution in [0.15, 0.2) is 0 Å². The molecular formula is C17H30O4. The fourth-order valence-electron chi connectivity index (χ4n) is 5.04. The van der Waals surface area contributed by atoms with Gasteiger partial charge in [-0.2, -0.15) is 0 Å². The lowest BCUT2D eigenvalue weighted by atomic mass is 9.50. The lowest BCUT2D eigenvalue weighted by Gasteiger charge is -2.50. The Morgan fingerprint density at radius 1 is 1.00 bits per heavy atom. The first kappa shape index (κ1) is 18.0. The molecule has 0 aromatic rings. The van der Waals surface area contributed by atoms with E-state index in [0.29, 0.717) is 12.8 Å². The molecule has 0 aliphatic heterocycles. The Labute approximate surface area is 127 Å². The molecule has 4 unspecified atom stereocenters. The predicted molar refractivity (Wildman–Crippen MR) is 82.1 cm³/mol. The molecule has 1 aliphatic rings. The van der Waals surface area contributed by atoms with E-state index in [9.17, 15) is 19.8 Å². The first-order chi connectivity index (χ1) is 9.84. The van der Waals surface area contributed by atoms with E-state index < -0.39 is 22.8 Å². The van der Waals surface area contributed by atoms with Crippen molar-refractivity contribution < 1.29 is 19.8 Å². The largest absolute Gasteiger partial charge is 0.481 e. The van der Waals surface area contributed by atoms with Gasteiger partial charge >= 0.3 is 11.9 Å². The van der Waals surface area contributed by atoms with Crippen molar-refractivity contribution >= 4 is 11.9 Å². The SMILES string of the molecule is CCCC1CCCC(C)C(CC)(C(=O)O)C1(CC)C(=O)O. The van der Waals surface area contributed by atoms with Crippen molar-refractivity contribution in [1.29, 1.82) is 0 Å². The molecule has 2 N–H and O–H groups in total. The van der Waals surface area contributed by atoms with Gasteiger partial charge in [0.05, 0.1) is 10.8 Å². The molecule has 1 aliphatic carbocycles. The van der Waals surface area contributed by atoms with Crippen LogP contribution in [0, 0.1) is 22.7 Å². The molecule has 0 saturated heterocycles. The molecule has 1 rings (SSSR count). The third-order valence-electron chi connectivity index (χ3n) is 6.04. The first-order valence-corrected chi connectivity index (χ1v) is 8.31. The van der Waals surface area contributed by atoms with E-state index in [2.05, 4.69) is 0 Å². The van der Waals surface area contributed by atoms with Crippen LogP contribution in [0.3, 0.4) is 0 Å². The maximum atomic E-state index is 12.3. The van der Waals surface area contributed by atoms with Crippen LogP contribution in [-0.4, -0.2) is 22.2 Å². The minimum absolute atomic E-state index is 0.0500. The van der Waals surface area contributed by atoms with Crippen LogP contribution in [-0.2, 0) is 9.59 Å². The fraction of sp³-hybridized carbons (Fsp3) is 0.882. The van der Waals surface area contributed by atoms with Crippen LogP contribution < -0.4 is 0 Å².